The molecule has 1 unspecified atom stereocenters. The standard InChI is InChI=1S/C28H32O2S2/c1-15-9-11-17(3)21-19(15)13-26(5,6)25-23(21)30-28(32-31-25)24(29)22-18(4)12-10-16(2)20(22)14-27(28,7)8/h9-12H,13-14H2,1-8H3. The Kier molecular flexibility index (Phi) is 4.80. The highest BCUT2D eigenvalue weighted by Gasteiger charge is 2.61. The van der Waals surface area contributed by atoms with Crippen LogP contribution in [0.3, 0.4) is 0 Å². The molecule has 0 radical (unpaired) electrons. The lowest BCUT2D eigenvalue weighted by molar-refractivity contribution is 0.0133. The van der Waals surface area contributed by atoms with Crippen LogP contribution in [-0.2, 0) is 17.6 Å². The van der Waals surface area contributed by atoms with Gasteiger partial charge < -0.3 is 4.74 Å². The van der Waals surface area contributed by atoms with Crippen LogP contribution in [0.15, 0.2) is 29.2 Å². The first-order valence-electron chi connectivity index (χ1n) is 11.4. The van der Waals surface area contributed by atoms with Crippen molar-refractivity contribution < 1.29 is 9.53 Å². The lowest BCUT2D eigenvalue weighted by atomic mass is 9.68. The topological polar surface area (TPSA) is 26.3 Å². The van der Waals surface area contributed by atoms with E-state index in [1.807, 2.05) is 0 Å². The van der Waals surface area contributed by atoms with Crippen LogP contribution in [0.5, 0.6) is 0 Å². The molecule has 168 valence electrons. The molecule has 2 aromatic carbocycles. The Morgan fingerprint density at radius 1 is 0.781 bits per heavy atom. The minimum atomic E-state index is -0.942. The highest BCUT2D eigenvalue weighted by atomic mass is 33.1. The van der Waals surface area contributed by atoms with Crippen LogP contribution in [0, 0.1) is 38.5 Å². The van der Waals surface area contributed by atoms with E-state index in [1.165, 1.54) is 38.3 Å². The SMILES string of the molecule is Cc1ccc(C)c2c1CC(C)(C)C1(OC3=C(SS1)C(C)(C)Cc1c(C)ccc(C)c13)C2=O. The molecule has 2 aromatic rings. The molecule has 3 aliphatic rings. The van der Waals surface area contributed by atoms with Crippen molar-refractivity contribution in [2.75, 3.05) is 0 Å². The van der Waals surface area contributed by atoms with E-state index in [4.69, 9.17) is 4.74 Å². The van der Waals surface area contributed by atoms with Crippen molar-refractivity contribution in [1.82, 2.24) is 0 Å². The summed E-state index contributed by atoms with van der Waals surface area (Å²) in [4.78, 5) is 14.6. The first-order chi connectivity index (χ1) is 14.9. The number of aryl methyl sites for hydroxylation is 4. The minimum Gasteiger partial charge on any atom is -0.466 e. The van der Waals surface area contributed by atoms with Gasteiger partial charge in [-0.2, -0.15) is 0 Å². The second-order valence-electron chi connectivity index (χ2n) is 11.1. The van der Waals surface area contributed by atoms with E-state index in [1.54, 1.807) is 21.6 Å². The van der Waals surface area contributed by atoms with Gasteiger partial charge in [0.1, 0.15) is 5.76 Å². The number of hydrogen-bond acceptors (Lipinski definition) is 4. The van der Waals surface area contributed by atoms with Gasteiger partial charge in [0.15, 0.2) is 0 Å². The predicted molar refractivity (Wildman–Crippen MR) is 137 cm³/mol. The van der Waals surface area contributed by atoms with Gasteiger partial charge in [0.25, 0.3) is 0 Å². The zero-order valence-electron chi connectivity index (χ0n) is 20.4. The summed E-state index contributed by atoms with van der Waals surface area (Å²) in [5.74, 6) is 1.07. The largest absolute Gasteiger partial charge is 0.466 e. The molecule has 2 aliphatic carbocycles. The summed E-state index contributed by atoms with van der Waals surface area (Å²) < 4.78 is 7.07. The molecule has 0 saturated carbocycles. The Bertz CT molecular complexity index is 1220. The van der Waals surface area contributed by atoms with Gasteiger partial charge in [-0.3, -0.25) is 4.79 Å². The average molecular weight is 465 g/mol. The van der Waals surface area contributed by atoms with Crippen LogP contribution in [0.1, 0.15) is 77.0 Å². The smallest absolute Gasteiger partial charge is 0.232 e. The molecule has 4 heteroatoms. The third-order valence-corrected chi connectivity index (χ3v) is 11.2. The summed E-state index contributed by atoms with van der Waals surface area (Å²) in [7, 11) is 3.42. The number of ether oxygens (including phenoxy) is 1. The summed E-state index contributed by atoms with van der Waals surface area (Å²) in [6.07, 6.45) is 1.83. The number of carbonyl (C=O) groups is 1. The zero-order chi connectivity index (χ0) is 23.2. The third kappa shape index (κ3) is 2.84. The van der Waals surface area contributed by atoms with Gasteiger partial charge in [-0.1, -0.05) is 62.8 Å². The zero-order valence-corrected chi connectivity index (χ0v) is 22.0. The van der Waals surface area contributed by atoms with Gasteiger partial charge in [0.2, 0.25) is 10.7 Å². The summed E-state index contributed by atoms with van der Waals surface area (Å²) in [5.41, 5.74) is 9.06. The molecule has 0 saturated heterocycles. The molecule has 1 atom stereocenters. The van der Waals surface area contributed by atoms with Crippen LogP contribution in [-0.4, -0.2) is 10.7 Å². The molecule has 0 bridgehead atoms. The fraction of sp³-hybridized carbons (Fsp3) is 0.464. The van der Waals surface area contributed by atoms with Gasteiger partial charge in [-0.05, 0) is 84.7 Å². The number of Topliss-reactive ketones (excluding diaryl/α,β-unsaturated/α-hetero) is 1. The fourth-order valence-electron chi connectivity index (χ4n) is 5.64. The molecule has 1 heterocycles. The highest BCUT2D eigenvalue weighted by Crippen LogP contribution is 2.66. The molecular formula is C28H32O2S2. The Balaban J connectivity index is 1.74. The van der Waals surface area contributed by atoms with Crippen LogP contribution in [0.25, 0.3) is 5.76 Å². The van der Waals surface area contributed by atoms with Crippen molar-refractivity contribution in [2.45, 2.75) is 73.2 Å². The quantitative estimate of drug-likeness (QED) is 0.372. The van der Waals surface area contributed by atoms with Gasteiger partial charge >= 0.3 is 0 Å². The van der Waals surface area contributed by atoms with Crippen molar-refractivity contribution in [3.05, 3.63) is 73.7 Å². The van der Waals surface area contributed by atoms with Gasteiger partial charge in [0.05, 0.1) is 0 Å². The summed E-state index contributed by atoms with van der Waals surface area (Å²) in [6.45, 7) is 17.5. The molecule has 1 spiro atoms. The lowest BCUT2D eigenvalue weighted by Gasteiger charge is -2.52. The van der Waals surface area contributed by atoms with Gasteiger partial charge in [0, 0.05) is 26.9 Å². The molecular weight excluding hydrogens is 432 g/mol. The number of hydrogen-bond donors (Lipinski definition) is 0. The molecule has 2 nitrogen and oxygen atoms in total. The first kappa shape index (κ1) is 22.2. The monoisotopic (exact) mass is 464 g/mol. The highest BCUT2D eigenvalue weighted by molar-refractivity contribution is 8.78. The van der Waals surface area contributed by atoms with E-state index in [0.717, 1.165) is 29.7 Å². The van der Waals surface area contributed by atoms with Crippen molar-refractivity contribution in [3.63, 3.8) is 0 Å². The van der Waals surface area contributed by atoms with Crippen molar-refractivity contribution >= 4 is 33.1 Å². The maximum atomic E-state index is 14.3. The average Bonchev–Trinajstić information content (AvgIpc) is 2.71. The van der Waals surface area contributed by atoms with E-state index in [0.29, 0.717) is 0 Å². The Labute approximate surface area is 200 Å². The maximum absolute atomic E-state index is 14.3. The number of ketones is 1. The van der Waals surface area contributed by atoms with Crippen molar-refractivity contribution in [2.24, 2.45) is 10.8 Å². The number of benzene rings is 2. The Morgan fingerprint density at radius 3 is 1.94 bits per heavy atom. The van der Waals surface area contributed by atoms with E-state index in [9.17, 15) is 4.79 Å². The number of carbonyl (C=O) groups excluding carboxylic acids is 1. The minimum absolute atomic E-state index is 0.0214. The maximum Gasteiger partial charge on any atom is 0.232 e. The molecule has 0 N–H and O–H groups in total. The molecule has 0 fully saturated rings. The van der Waals surface area contributed by atoms with Crippen LogP contribution >= 0.6 is 21.6 Å². The summed E-state index contributed by atoms with van der Waals surface area (Å²) in [6, 6.07) is 8.63. The van der Waals surface area contributed by atoms with E-state index >= 15 is 0 Å². The lowest BCUT2D eigenvalue weighted by Crippen LogP contribution is -2.56. The molecule has 0 amide bonds. The van der Waals surface area contributed by atoms with Crippen LogP contribution in [0.4, 0.5) is 0 Å². The fourth-order valence-corrected chi connectivity index (χ4v) is 9.47. The van der Waals surface area contributed by atoms with Gasteiger partial charge in [-0.25, -0.2) is 0 Å². The predicted octanol–water partition coefficient (Wildman–Crippen LogP) is 7.74. The second kappa shape index (κ2) is 6.93. The Morgan fingerprint density at radius 2 is 1.31 bits per heavy atom. The van der Waals surface area contributed by atoms with E-state index in [-0.39, 0.29) is 16.6 Å². The second-order valence-corrected chi connectivity index (χ2v) is 13.4. The molecule has 32 heavy (non-hydrogen) atoms. The van der Waals surface area contributed by atoms with Gasteiger partial charge in [-0.15, -0.1) is 0 Å². The summed E-state index contributed by atoms with van der Waals surface area (Å²) in [5, 5.41) is 0. The van der Waals surface area contributed by atoms with E-state index in [2.05, 4.69) is 79.7 Å². The van der Waals surface area contributed by atoms with E-state index < -0.39 is 4.93 Å². The van der Waals surface area contributed by atoms with Crippen molar-refractivity contribution in [3.8, 4) is 0 Å². The molecule has 5 rings (SSSR count). The normalized spacial score (nSPS) is 25.2. The number of rotatable bonds is 0. The number of allylic oxidation sites excluding steroid dienone is 1. The Hall–Kier alpha value is -1.65. The summed E-state index contributed by atoms with van der Waals surface area (Å²) >= 11 is 0. The van der Waals surface area contributed by atoms with Crippen LogP contribution in [0.2, 0.25) is 0 Å². The molecule has 0 aromatic heterocycles. The van der Waals surface area contributed by atoms with Crippen molar-refractivity contribution in [1.29, 1.82) is 0 Å². The van der Waals surface area contributed by atoms with Crippen LogP contribution < -0.4 is 0 Å². The molecule has 1 aliphatic heterocycles. The number of fused-ring (bicyclic) bond motifs is 3. The third-order valence-electron chi connectivity index (χ3n) is 7.70. The first-order valence-corrected chi connectivity index (χ1v) is 13.6.